The molecule has 0 radical (unpaired) electrons. The highest BCUT2D eigenvalue weighted by atomic mass is 35.5. The molecule has 0 atom stereocenters. The molecule has 3 heterocycles. The minimum Gasteiger partial charge on any atom is -0.338 e. The number of nitrogens with zero attached hydrogens (tertiary/aromatic N) is 3. The summed E-state index contributed by atoms with van der Waals surface area (Å²) < 4.78 is 27.2. The van der Waals surface area contributed by atoms with E-state index in [-0.39, 0.29) is 40.5 Å². The number of benzene rings is 1. The number of nitro groups is 1. The Morgan fingerprint density at radius 1 is 1.20 bits per heavy atom. The smallest absolute Gasteiger partial charge is 0.270 e. The lowest BCUT2D eigenvalue weighted by atomic mass is 9.95. The molecule has 0 bridgehead atoms. The van der Waals surface area contributed by atoms with E-state index in [2.05, 4.69) is 6.07 Å². The van der Waals surface area contributed by atoms with Gasteiger partial charge in [-0.1, -0.05) is 11.6 Å². The molecule has 0 spiro atoms. The van der Waals surface area contributed by atoms with Gasteiger partial charge < -0.3 is 4.90 Å². The van der Waals surface area contributed by atoms with E-state index in [1.807, 2.05) is 10.3 Å². The maximum atomic E-state index is 13.0. The second-order valence-corrected chi connectivity index (χ2v) is 10.7. The Hall–Kier alpha value is -2.01. The molecule has 4 rings (SSSR count). The maximum Gasteiger partial charge on any atom is 0.270 e. The van der Waals surface area contributed by atoms with Gasteiger partial charge in [-0.05, 0) is 42.3 Å². The summed E-state index contributed by atoms with van der Waals surface area (Å²) in [4.78, 5) is 26.2. The van der Waals surface area contributed by atoms with Crippen LogP contribution in [-0.4, -0.2) is 48.1 Å². The van der Waals surface area contributed by atoms with Gasteiger partial charge in [-0.25, -0.2) is 8.42 Å². The first kappa shape index (κ1) is 21.2. The van der Waals surface area contributed by atoms with Crippen molar-refractivity contribution in [3.05, 3.63) is 55.2 Å². The predicted octanol–water partition coefficient (Wildman–Crippen LogP) is 3.30. The largest absolute Gasteiger partial charge is 0.338 e. The van der Waals surface area contributed by atoms with Gasteiger partial charge >= 0.3 is 0 Å². The summed E-state index contributed by atoms with van der Waals surface area (Å²) in [7, 11) is -3.98. The lowest BCUT2D eigenvalue weighted by Crippen LogP contribution is -2.45. The van der Waals surface area contributed by atoms with Gasteiger partial charge in [0.15, 0.2) is 0 Å². The Morgan fingerprint density at radius 3 is 2.63 bits per heavy atom. The molecule has 8 nitrogen and oxygen atoms in total. The Labute approximate surface area is 183 Å². The zero-order valence-corrected chi connectivity index (χ0v) is 18.4. The average molecular weight is 470 g/mol. The second kappa shape index (κ2) is 8.26. The standard InChI is InChI=1S/C19H20ClN3O5S2/c20-16-2-1-15(23(25)26)11-18(16)30(27,28)22-8-3-13(4-9-22)19(24)21-7-5-17-14(12-21)6-10-29-17/h1-2,6,10-11,13H,3-5,7-9,12H2. The van der Waals surface area contributed by atoms with E-state index < -0.39 is 14.9 Å². The topological polar surface area (TPSA) is 101 Å². The van der Waals surface area contributed by atoms with Crippen LogP contribution < -0.4 is 0 Å². The number of hydrogen-bond acceptors (Lipinski definition) is 6. The molecule has 1 aromatic heterocycles. The number of carbonyl (C=O) groups is 1. The molecule has 1 saturated heterocycles. The molecule has 1 aromatic carbocycles. The quantitative estimate of drug-likeness (QED) is 0.505. The number of nitro benzene ring substituents is 1. The molecule has 0 unspecified atom stereocenters. The minimum absolute atomic E-state index is 0.0568. The minimum atomic E-state index is -3.98. The summed E-state index contributed by atoms with van der Waals surface area (Å²) in [6, 6.07) is 5.43. The van der Waals surface area contributed by atoms with Crippen LogP contribution in [0, 0.1) is 16.0 Å². The molecule has 11 heteroatoms. The number of halogens is 1. The van der Waals surface area contributed by atoms with Gasteiger partial charge in [-0.2, -0.15) is 4.31 Å². The fraction of sp³-hybridized carbons (Fsp3) is 0.421. The fourth-order valence-electron chi connectivity index (χ4n) is 3.98. The maximum absolute atomic E-state index is 13.0. The van der Waals surface area contributed by atoms with Crippen LogP contribution in [0.2, 0.25) is 5.02 Å². The highest BCUT2D eigenvalue weighted by Gasteiger charge is 2.36. The van der Waals surface area contributed by atoms with Crippen LogP contribution in [0.15, 0.2) is 34.5 Å². The van der Waals surface area contributed by atoms with Gasteiger partial charge in [0.25, 0.3) is 5.69 Å². The van der Waals surface area contributed by atoms with E-state index in [0.717, 1.165) is 12.5 Å². The number of rotatable bonds is 4. The van der Waals surface area contributed by atoms with Crippen LogP contribution in [-0.2, 0) is 27.8 Å². The van der Waals surface area contributed by atoms with Crippen LogP contribution in [0.25, 0.3) is 0 Å². The van der Waals surface area contributed by atoms with Crippen molar-refractivity contribution < 1.29 is 18.1 Å². The van der Waals surface area contributed by atoms with E-state index in [9.17, 15) is 23.3 Å². The molecule has 30 heavy (non-hydrogen) atoms. The molecule has 0 N–H and O–H groups in total. The Bertz CT molecular complexity index is 1090. The summed E-state index contributed by atoms with van der Waals surface area (Å²) in [6.45, 7) is 1.65. The summed E-state index contributed by atoms with van der Waals surface area (Å²) in [5, 5.41) is 13.0. The molecular weight excluding hydrogens is 450 g/mol. The molecular formula is C19H20ClN3O5S2. The van der Waals surface area contributed by atoms with E-state index in [1.54, 1.807) is 11.3 Å². The molecule has 1 amide bonds. The third-order valence-electron chi connectivity index (χ3n) is 5.67. The van der Waals surface area contributed by atoms with E-state index in [0.29, 0.717) is 25.9 Å². The number of hydrogen-bond donors (Lipinski definition) is 0. The molecule has 2 aliphatic rings. The van der Waals surface area contributed by atoms with E-state index in [1.165, 1.54) is 26.9 Å². The van der Waals surface area contributed by atoms with Crippen LogP contribution in [0.4, 0.5) is 5.69 Å². The average Bonchev–Trinajstić information content (AvgIpc) is 3.21. The molecule has 2 aromatic rings. The zero-order chi connectivity index (χ0) is 21.5. The number of sulfonamides is 1. The number of carbonyl (C=O) groups excluding carboxylic acids is 1. The third-order valence-corrected chi connectivity index (χ3v) is 9.07. The van der Waals surface area contributed by atoms with Crippen molar-refractivity contribution in [1.82, 2.24) is 9.21 Å². The fourth-order valence-corrected chi connectivity index (χ4v) is 6.83. The zero-order valence-electron chi connectivity index (χ0n) is 16.0. The van der Waals surface area contributed by atoms with E-state index in [4.69, 9.17) is 11.6 Å². The van der Waals surface area contributed by atoms with Gasteiger partial charge in [-0.15, -0.1) is 11.3 Å². The third kappa shape index (κ3) is 3.96. The lowest BCUT2D eigenvalue weighted by Gasteiger charge is -2.35. The van der Waals surface area contributed by atoms with Crippen LogP contribution >= 0.6 is 22.9 Å². The number of thiophene rings is 1. The Kier molecular flexibility index (Phi) is 5.84. The highest BCUT2D eigenvalue weighted by molar-refractivity contribution is 7.89. The first-order valence-electron chi connectivity index (χ1n) is 9.55. The number of non-ortho nitro benzene ring substituents is 1. The molecule has 1 fully saturated rings. The van der Waals surface area contributed by atoms with Crippen LogP contribution in [0.5, 0.6) is 0 Å². The number of fused-ring (bicyclic) bond motifs is 1. The van der Waals surface area contributed by atoms with Crippen molar-refractivity contribution >= 4 is 44.6 Å². The summed E-state index contributed by atoms with van der Waals surface area (Å²) in [5.74, 6) is -0.158. The highest BCUT2D eigenvalue weighted by Crippen LogP contribution is 2.32. The Balaban J connectivity index is 1.44. The van der Waals surface area contributed by atoms with Crippen LogP contribution in [0.1, 0.15) is 23.3 Å². The van der Waals surface area contributed by atoms with Crippen molar-refractivity contribution in [2.24, 2.45) is 5.92 Å². The molecule has 160 valence electrons. The van der Waals surface area contributed by atoms with Crippen molar-refractivity contribution in [1.29, 1.82) is 0 Å². The monoisotopic (exact) mass is 469 g/mol. The second-order valence-electron chi connectivity index (χ2n) is 7.43. The molecule has 0 aliphatic carbocycles. The van der Waals surface area contributed by atoms with Gasteiger partial charge in [0.05, 0.1) is 9.95 Å². The molecule has 0 saturated carbocycles. The Morgan fingerprint density at radius 2 is 1.93 bits per heavy atom. The first-order valence-corrected chi connectivity index (χ1v) is 12.3. The van der Waals surface area contributed by atoms with Gasteiger partial charge in [0, 0.05) is 49.1 Å². The first-order chi connectivity index (χ1) is 14.3. The number of amides is 1. The van der Waals surface area contributed by atoms with E-state index >= 15 is 0 Å². The number of piperidine rings is 1. The van der Waals surface area contributed by atoms with Gasteiger partial charge in [0.2, 0.25) is 15.9 Å². The van der Waals surface area contributed by atoms with Crippen molar-refractivity contribution in [2.75, 3.05) is 19.6 Å². The lowest BCUT2D eigenvalue weighted by molar-refractivity contribution is -0.385. The summed E-state index contributed by atoms with van der Waals surface area (Å²) >= 11 is 7.74. The SMILES string of the molecule is O=C(C1CCN(S(=O)(=O)c2cc([N+](=O)[O-])ccc2Cl)CC1)N1CCc2sccc2C1. The van der Waals surface area contributed by atoms with Crippen molar-refractivity contribution in [3.8, 4) is 0 Å². The summed E-state index contributed by atoms with van der Waals surface area (Å²) in [6.07, 6.45) is 1.69. The van der Waals surface area contributed by atoms with Crippen molar-refractivity contribution in [2.45, 2.75) is 30.7 Å². The molecule has 2 aliphatic heterocycles. The van der Waals surface area contributed by atoms with Gasteiger partial charge in [-0.3, -0.25) is 14.9 Å². The van der Waals surface area contributed by atoms with Gasteiger partial charge in [0.1, 0.15) is 4.90 Å². The van der Waals surface area contributed by atoms with Crippen LogP contribution in [0.3, 0.4) is 0 Å². The summed E-state index contributed by atoms with van der Waals surface area (Å²) in [5.41, 5.74) is 0.862. The van der Waals surface area contributed by atoms with Crippen molar-refractivity contribution in [3.63, 3.8) is 0 Å². The normalized spacial score (nSPS) is 18.2. The predicted molar refractivity (Wildman–Crippen MR) is 113 cm³/mol.